The van der Waals surface area contributed by atoms with Gasteiger partial charge in [0, 0.05) is 29.6 Å². The first-order valence-electron chi connectivity index (χ1n) is 9.16. The van der Waals surface area contributed by atoms with E-state index in [1.54, 1.807) is 43.3 Å². The molecule has 154 valence electrons. The van der Waals surface area contributed by atoms with Gasteiger partial charge in [0.15, 0.2) is 0 Å². The van der Waals surface area contributed by atoms with Gasteiger partial charge in [-0.2, -0.15) is 9.41 Å². The summed E-state index contributed by atoms with van der Waals surface area (Å²) in [5.41, 5.74) is 3.82. The summed E-state index contributed by atoms with van der Waals surface area (Å²) >= 11 is 5.82. The number of carbonyl (C=O) groups excluding carboxylic acids is 1. The molecule has 0 aliphatic carbocycles. The standard InChI is InChI=1S/C20H22ClN3O4S/c1-14(16-3-2-4-18(25)13-16)22-23-20(26)15-9-11-24(12-10-15)29(27,28)19-7-5-17(21)6-8-19/h2-8,13,15,25H,9-12H2,1H3,(H,23,26). The third-order valence-electron chi connectivity index (χ3n) is 4.87. The Morgan fingerprint density at radius 1 is 1.17 bits per heavy atom. The van der Waals surface area contributed by atoms with Crippen molar-refractivity contribution in [3.8, 4) is 5.75 Å². The topological polar surface area (TPSA) is 99.1 Å². The van der Waals surface area contributed by atoms with E-state index in [-0.39, 0.29) is 35.6 Å². The Hall–Kier alpha value is -2.42. The Morgan fingerprint density at radius 2 is 1.83 bits per heavy atom. The van der Waals surface area contributed by atoms with E-state index in [0.29, 0.717) is 29.1 Å². The number of nitrogens with zero attached hydrogens (tertiary/aromatic N) is 2. The highest BCUT2D eigenvalue weighted by Crippen LogP contribution is 2.25. The van der Waals surface area contributed by atoms with Crippen LogP contribution < -0.4 is 5.43 Å². The van der Waals surface area contributed by atoms with E-state index in [1.165, 1.54) is 16.4 Å². The average Bonchev–Trinajstić information content (AvgIpc) is 2.72. The number of rotatable bonds is 5. The van der Waals surface area contributed by atoms with E-state index in [2.05, 4.69) is 10.5 Å². The first-order chi connectivity index (χ1) is 13.8. The van der Waals surface area contributed by atoms with Crippen molar-refractivity contribution in [1.29, 1.82) is 0 Å². The highest BCUT2D eigenvalue weighted by atomic mass is 35.5. The van der Waals surface area contributed by atoms with Gasteiger partial charge in [-0.3, -0.25) is 4.79 Å². The maximum atomic E-state index is 12.7. The number of hydrogen-bond acceptors (Lipinski definition) is 5. The van der Waals surface area contributed by atoms with Gasteiger partial charge in [0.2, 0.25) is 15.9 Å². The fourth-order valence-corrected chi connectivity index (χ4v) is 4.74. The van der Waals surface area contributed by atoms with Crippen molar-refractivity contribution in [3.05, 3.63) is 59.1 Å². The summed E-state index contributed by atoms with van der Waals surface area (Å²) < 4.78 is 26.8. The van der Waals surface area contributed by atoms with Crippen LogP contribution in [0.2, 0.25) is 5.02 Å². The molecule has 0 aromatic heterocycles. The summed E-state index contributed by atoms with van der Waals surface area (Å²) in [6.07, 6.45) is 0.832. The van der Waals surface area contributed by atoms with Gasteiger partial charge in [-0.15, -0.1) is 0 Å². The number of nitrogens with one attached hydrogen (secondary N) is 1. The maximum absolute atomic E-state index is 12.7. The Labute approximate surface area is 175 Å². The molecule has 9 heteroatoms. The second kappa shape index (κ2) is 8.94. The zero-order valence-corrected chi connectivity index (χ0v) is 17.4. The van der Waals surface area contributed by atoms with Crippen LogP contribution in [0.1, 0.15) is 25.3 Å². The predicted molar refractivity (Wildman–Crippen MR) is 111 cm³/mol. The summed E-state index contributed by atoms with van der Waals surface area (Å²) in [6, 6.07) is 12.6. The Kier molecular flexibility index (Phi) is 6.56. The number of aromatic hydroxyl groups is 1. The smallest absolute Gasteiger partial charge is 0.243 e. The minimum absolute atomic E-state index is 0.123. The molecule has 1 heterocycles. The van der Waals surface area contributed by atoms with Crippen molar-refractivity contribution < 1.29 is 18.3 Å². The van der Waals surface area contributed by atoms with Crippen molar-refractivity contribution in [2.45, 2.75) is 24.7 Å². The molecule has 0 spiro atoms. The summed E-state index contributed by atoms with van der Waals surface area (Å²) in [5.74, 6) is -0.432. The van der Waals surface area contributed by atoms with E-state index in [9.17, 15) is 18.3 Å². The zero-order chi connectivity index (χ0) is 21.0. The number of hydrazone groups is 1. The quantitative estimate of drug-likeness (QED) is 0.557. The molecule has 2 aromatic rings. The van der Waals surface area contributed by atoms with Gasteiger partial charge in [0.25, 0.3) is 0 Å². The minimum Gasteiger partial charge on any atom is -0.508 e. The molecule has 1 aliphatic heterocycles. The number of halogens is 1. The van der Waals surface area contributed by atoms with Gasteiger partial charge in [0.1, 0.15) is 5.75 Å². The van der Waals surface area contributed by atoms with Crippen molar-refractivity contribution in [2.75, 3.05) is 13.1 Å². The second-order valence-electron chi connectivity index (χ2n) is 6.86. The lowest BCUT2D eigenvalue weighted by atomic mass is 9.98. The van der Waals surface area contributed by atoms with Crippen LogP contribution >= 0.6 is 11.6 Å². The van der Waals surface area contributed by atoms with Crippen LogP contribution in [-0.2, 0) is 14.8 Å². The summed E-state index contributed by atoms with van der Waals surface area (Å²) in [7, 11) is -3.60. The molecule has 1 amide bonds. The number of phenolic OH excluding ortho intramolecular Hbond substituents is 1. The second-order valence-corrected chi connectivity index (χ2v) is 9.23. The number of sulfonamides is 1. The normalized spacial score (nSPS) is 16.6. The van der Waals surface area contributed by atoms with Crippen molar-refractivity contribution in [1.82, 2.24) is 9.73 Å². The molecule has 0 radical (unpaired) electrons. The Balaban J connectivity index is 1.58. The molecule has 0 saturated carbocycles. The third-order valence-corrected chi connectivity index (χ3v) is 7.04. The van der Waals surface area contributed by atoms with Crippen LogP contribution in [0.15, 0.2) is 58.5 Å². The number of hydrogen-bond donors (Lipinski definition) is 2. The number of amides is 1. The molecule has 0 unspecified atom stereocenters. The van der Waals surface area contributed by atoms with Crippen LogP contribution in [-0.4, -0.2) is 42.5 Å². The fourth-order valence-electron chi connectivity index (χ4n) is 3.14. The molecule has 1 saturated heterocycles. The van der Waals surface area contributed by atoms with Gasteiger partial charge in [-0.1, -0.05) is 23.7 Å². The van der Waals surface area contributed by atoms with E-state index < -0.39 is 10.0 Å². The van der Waals surface area contributed by atoms with Gasteiger partial charge in [-0.25, -0.2) is 13.8 Å². The summed E-state index contributed by atoms with van der Waals surface area (Å²) in [5, 5.41) is 14.1. The van der Waals surface area contributed by atoms with Crippen molar-refractivity contribution >= 4 is 33.2 Å². The van der Waals surface area contributed by atoms with Crippen LogP contribution in [0, 0.1) is 5.92 Å². The number of benzene rings is 2. The van der Waals surface area contributed by atoms with Crippen molar-refractivity contribution in [3.63, 3.8) is 0 Å². The summed E-state index contributed by atoms with van der Waals surface area (Å²) in [4.78, 5) is 12.6. The number of phenols is 1. The predicted octanol–water partition coefficient (Wildman–Crippen LogP) is 2.99. The van der Waals surface area contributed by atoms with E-state index in [1.807, 2.05) is 0 Å². The largest absolute Gasteiger partial charge is 0.508 e. The molecule has 2 N–H and O–H groups in total. The Bertz CT molecular complexity index is 1010. The first kappa shape index (κ1) is 21.3. The summed E-state index contributed by atoms with van der Waals surface area (Å²) in [6.45, 7) is 2.26. The molecule has 2 aromatic carbocycles. The molecule has 29 heavy (non-hydrogen) atoms. The molecule has 3 rings (SSSR count). The van der Waals surface area contributed by atoms with Crippen molar-refractivity contribution in [2.24, 2.45) is 11.0 Å². The highest BCUT2D eigenvalue weighted by molar-refractivity contribution is 7.89. The zero-order valence-electron chi connectivity index (χ0n) is 15.9. The molecular formula is C20H22ClN3O4S. The molecule has 0 bridgehead atoms. The van der Waals surface area contributed by atoms with E-state index >= 15 is 0 Å². The maximum Gasteiger partial charge on any atom is 0.243 e. The molecule has 0 atom stereocenters. The van der Waals surface area contributed by atoms with Gasteiger partial charge in [0.05, 0.1) is 10.6 Å². The van der Waals surface area contributed by atoms with Gasteiger partial charge >= 0.3 is 0 Å². The van der Waals surface area contributed by atoms with Gasteiger partial charge < -0.3 is 5.11 Å². The average molecular weight is 436 g/mol. The number of piperidine rings is 1. The SMILES string of the molecule is CC(=NNC(=O)C1CCN(S(=O)(=O)c2ccc(Cl)cc2)CC1)c1cccc(O)c1. The Morgan fingerprint density at radius 3 is 2.45 bits per heavy atom. The number of carbonyl (C=O) groups is 1. The minimum atomic E-state index is -3.60. The molecular weight excluding hydrogens is 414 g/mol. The lowest BCUT2D eigenvalue weighted by molar-refractivity contribution is -0.126. The van der Waals surface area contributed by atoms with Gasteiger partial charge in [-0.05, 0) is 56.2 Å². The van der Waals surface area contributed by atoms with E-state index in [4.69, 9.17) is 11.6 Å². The highest BCUT2D eigenvalue weighted by Gasteiger charge is 2.32. The third kappa shape index (κ3) is 5.14. The lowest BCUT2D eigenvalue weighted by Crippen LogP contribution is -2.42. The lowest BCUT2D eigenvalue weighted by Gasteiger charge is -2.30. The fraction of sp³-hybridized carbons (Fsp3) is 0.300. The van der Waals surface area contributed by atoms with E-state index in [0.717, 1.165) is 0 Å². The molecule has 7 nitrogen and oxygen atoms in total. The first-order valence-corrected chi connectivity index (χ1v) is 11.0. The van der Waals surface area contributed by atoms with Crippen LogP contribution in [0.5, 0.6) is 5.75 Å². The van der Waals surface area contributed by atoms with Crippen LogP contribution in [0.25, 0.3) is 0 Å². The monoisotopic (exact) mass is 435 g/mol. The molecule has 1 fully saturated rings. The van der Waals surface area contributed by atoms with Crippen LogP contribution in [0.3, 0.4) is 0 Å². The van der Waals surface area contributed by atoms with Crippen LogP contribution in [0.4, 0.5) is 0 Å². The molecule has 1 aliphatic rings.